The van der Waals surface area contributed by atoms with Crippen molar-refractivity contribution in [1.82, 2.24) is 5.32 Å². The van der Waals surface area contributed by atoms with Gasteiger partial charge >= 0.3 is 0 Å². The number of hydrogen-bond donors (Lipinski definition) is 2. The van der Waals surface area contributed by atoms with Crippen molar-refractivity contribution in [2.24, 2.45) is 0 Å². The number of nitrogen functional groups attached to an aromatic ring is 1. The van der Waals surface area contributed by atoms with Crippen molar-refractivity contribution in [1.29, 1.82) is 0 Å². The number of anilines is 1. The van der Waals surface area contributed by atoms with Crippen molar-refractivity contribution in [3.8, 4) is 0 Å². The van der Waals surface area contributed by atoms with Crippen LogP contribution in [0.2, 0.25) is 5.02 Å². The molecule has 0 spiro atoms. The molecule has 0 radical (unpaired) electrons. The summed E-state index contributed by atoms with van der Waals surface area (Å²) in [6, 6.07) is 5.04. The lowest BCUT2D eigenvalue weighted by atomic mass is 10.2. The van der Waals surface area contributed by atoms with Gasteiger partial charge in [-0.15, -0.1) is 0 Å². The standard InChI is InChI=1S/C13H19ClN2O2S/c1-3-9(4-2)16-12(17)8-19(18)13-10(14)6-5-7-11(13)15/h5-7,9H,3-4,8,15H2,1-2H3,(H,16,17). The van der Waals surface area contributed by atoms with Crippen LogP contribution in [0.1, 0.15) is 26.7 Å². The van der Waals surface area contributed by atoms with Crippen LogP contribution >= 0.6 is 11.6 Å². The maximum absolute atomic E-state index is 12.1. The van der Waals surface area contributed by atoms with Gasteiger partial charge in [0.2, 0.25) is 5.91 Å². The van der Waals surface area contributed by atoms with E-state index in [1.807, 2.05) is 13.8 Å². The van der Waals surface area contributed by atoms with E-state index in [-0.39, 0.29) is 17.7 Å². The van der Waals surface area contributed by atoms with Gasteiger partial charge in [-0.3, -0.25) is 9.00 Å². The highest BCUT2D eigenvalue weighted by Crippen LogP contribution is 2.25. The first-order valence-electron chi connectivity index (χ1n) is 6.21. The third kappa shape index (κ3) is 4.51. The van der Waals surface area contributed by atoms with E-state index in [1.54, 1.807) is 18.2 Å². The number of hydrogen-bond acceptors (Lipinski definition) is 3. The van der Waals surface area contributed by atoms with E-state index in [4.69, 9.17) is 17.3 Å². The van der Waals surface area contributed by atoms with Crippen LogP contribution in [-0.4, -0.2) is 21.9 Å². The minimum absolute atomic E-state index is 0.119. The van der Waals surface area contributed by atoms with Gasteiger partial charge in [-0.1, -0.05) is 31.5 Å². The van der Waals surface area contributed by atoms with Crippen molar-refractivity contribution >= 4 is 34.0 Å². The Morgan fingerprint density at radius 3 is 2.58 bits per heavy atom. The van der Waals surface area contributed by atoms with Crippen molar-refractivity contribution < 1.29 is 9.00 Å². The molecule has 0 fully saturated rings. The van der Waals surface area contributed by atoms with Crippen LogP contribution in [0.5, 0.6) is 0 Å². The number of nitrogens with one attached hydrogen (secondary N) is 1. The summed E-state index contributed by atoms with van der Waals surface area (Å²) >= 11 is 5.96. The number of carbonyl (C=O) groups is 1. The Labute approximate surface area is 121 Å². The lowest BCUT2D eigenvalue weighted by Gasteiger charge is -2.15. The number of rotatable bonds is 6. The molecule has 106 valence electrons. The van der Waals surface area contributed by atoms with Gasteiger partial charge in [0.05, 0.1) is 20.7 Å². The smallest absolute Gasteiger partial charge is 0.233 e. The average Bonchev–Trinajstić information content (AvgIpc) is 2.35. The van der Waals surface area contributed by atoms with Crippen LogP contribution in [-0.2, 0) is 15.6 Å². The lowest BCUT2D eigenvalue weighted by molar-refractivity contribution is -0.119. The van der Waals surface area contributed by atoms with E-state index in [1.165, 1.54) is 0 Å². The molecule has 0 aliphatic rings. The fraction of sp³-hybridized carbons (Fsp3) is 0.462. The molecule has 19 heavy (non-hydrogen) atoms. The van der Waals surface area contributed by atoms with Crippen LogP contribution < -0.4 is 11.1 Å². The van der Waals surface area contributed by atoms with Crippen LogP contribution in [0.4, 0.5) is 5.69 Å². The summed E-state index contributed by atoms with van der Waals surface area (Å²) in [4.78, 5) is 12.1. The summed E-state index contributed by atoms with van der Waals surface area (Å²) in [5, 5.41) is 3.17. The highest BCUT2D eigenvalue weighted by atomic mass is 35.5. The van der Waals surface area contributed by atoms with E-state index in [0.29, 0.717) is 15.6 Å². The molecule has 1 unspecified atom stereocenters. The van der Waals surface area contributed by atoms with Gasteiger partial charge in [0, 0.05) is 11.7 Å². The normalized spacial score (nSPS) is 12.4. The summed E-state index contributed by atoms with van der Waals surface area (Å²) in [6.07, 6.45) is 1.70. The van der Waals surface area contributed by atoms with Crippen LogP contribution in [0, 0.1) is 0 Å². The van der Waals surface area contributed by atoms with Crippen LogP contribution in [0.25, 0.3) is 0 Å². The molecule has 0 bridgehead atoms. The number of carbonyl (C=O) groups excluding carboxylic acids is 1. The van der Waals surface area contributed by atoms with Gasteiger partial charge < -0.3 is 11.1 Å². The predicted octanol–water partition coefficient (Wildman–Crippen LogP) is 2.33. The third-order valence-corrected chi connectivity index (χ3v) is 4.70. The Hall–Kier alpha value is -1.07. The maximum atomic E-state index is 12.1. The first-order valence-corrected chi connectivity index (χ1v) is 7.91. The number of halogens is 1. The molecule has 1 amide bonds. The van der Waals surface area contributed by atoms with E-state index in [0.717, 1.165) is 12.8 Å². The largest absolute Gasteiger partial charge is 0.398 e. The summed E-state index contributed by atoms with van der Waals surface area (Å²) in [5.74, 6) is -0.365. The summed E-state index contributed by atoms with van der Waals surface area (Å²) in [7, 11) is -1.53. The number of nitrogens with two attached hydrogens (primary N) is 1. The molecule has 1 aromatic carbocycles. The SMILES string of the molecule is CCC(CC)NC(=O)CS(=O)c1c(N)cccc1Cl. The molecular formula is C13H19ClN2O2S. The van der Waals surface area contributed by atoms with Crippen LogP contribution in [0.15, 0.2) is 23.1 Å². The molecule has 0 aromatic heterocycles. The Bertz CT molecular complexity index is 455. The first-order chi connectivity index (χ1) is 8.99. The summed E-state index contributed by atoms with van der Waals surface area (Å²) in [5.41, 5.74) is 6.09. The van der Waals surface area contributed by atoms with Gasteiger partial charge in [0.1, 0.15) is 5.75 Å². The zero-order chi connectivity index (χ0) is 14.4. The minimum Gasteiger partial charge on any atom is -0.398 e. The van der Waals surface area contributed by atoms with E-state index in [9.17, 15) is 9.00 Å². The van der Waals surface area contributed by atoms with Crippen molar-refractivity contribution in [3.05, 3.63) is 23.2 Å². The summed E-state index contributed by atoms with van der Waals surface area (Å²) < 4.78 is 12.1. The molecule has 0 aliphatic heterocycles. The zero-order valence-electron chi connectivity index (χ0n) is 11.1. The first kappa shape index (κ1) is 16.0. The Balaban J connectivity index is 2.72. The Morgan fingerprint density at radius 2 is 2.05 bits per heavy atom. The van der Waals surface area contributed by atoms with Crippen molar-refractivity contribution in [3.63, 3.8) is 0 Å². The maximum Gasteiger partial charge on any atom is 0.233 e. The lowest BCUT2D eigenvalue weighted by Crippen LogP contribution is -2.36. The zero-order valence-corrected chi connectivity index (χ0v) is 12.7. The van der Waals surface area contributed by atoms with Gasteiger partial charge in [-0.2, -0.15) is 0 Å². The third-order valence-electron chi connectivity index (χ3n) is 2.84. The van der Waals surface area contributed by atoms with Crippen molar-refractivity contribution in [2.75, 3.05) is 11.5 Å². The second-order valence-corrected chi connectivity index (χ2v) is 6.02. The molecule has 3 N–H and O–H groups in total. The molecular weight excluding hydrogens is 284 g/mol. The second kappa shape index (κ2) is 7.50. The van der Waals surface area contributed by atoms with Crippen molar-refractivity contribution in [2.45, 2.75) is 37.6 Å². The molecule has 0 saturated heterocycles. The Kier molecular flexibility index (Phi) is 6.31. The quantitative estimate of drug-likeness (QED) is 0.792. The molecule has 1 rings (SSSR count). The fourth-order valence-electron chi connectivity index (χ4n) is 1.72. The van der Waals surface area contributed by atoms with Gasteiger partial charge in [-0.25, -0.2) is 0 Å². The van der Waals surface area contributed by atoms with Crippen LogP contribution in [0.3, 0.4) is 0 Å². The fourth-order valence-corrected chi connectivity index (χ4v) is 3.24. The van der Waals surface area contributed by atoms with E-state index >= 15 is 0 Å². The minimum atomic E-state index is -1.53. The number of amides is 1. The second-order valence-electron chi connectivity index (χ2n) is 4.23. The highest BCUT2D eigenvalue weighted by molar-refractivity contribution is 7.86. The van der Waals surface area contributed by atoms with E-state index in [2.05, 4.69) is 5.32 Å². The Morgan fingerprint density at radius 1 is 1.42 bits per heavy atom. The molecule has 0 saturated carbocycles. The van der Waals surface area contributed by atoms with Gasteiger partial charge in [0.25, 0.3) is 0 Å². The highest BCUT2D eigenvalue weighted by Gasteiger charge is 2.17. The monoisotopic (exact) mass is 302 g/mol. The molecule has 4 nitrogen and oxygen atoms in total. The molecule has 6 heteroatoms. The topological polar surface area (TPSA) is 72.2 Å². The molecule has 1 aromatic rings. The molecule has 0 heterocycles. The van der Waals surface area contributed by atoms with Gasteiger partial charge in [-0.05, 0) is 25.0 Å². The number of benzene rings is 1. The van der Waals surface area contributed by atoms with Gasteiger partial charge in [0.15, 0.2) is 0 Å². The predicted molar refractivity (Wildman–Crippen MR) is 79.7 cm³/mol. The van der Waals surface area contributed by atoms with E-state index < -0.39 is 10.8 Å². The average molecular weight is 303 g/mol. The molecule has 1 atom stereocenters. The summed E-state index contributed by atoms with van der Waals surface area (Å²) in [6.45, 7) is 3.99. The molecule has 0 aliphatic carbocycles.